The van der Waals surface area contributed by atoms with Crippen molar-refractivity contribution < 1.29 is 0 Å². The summed E-state index contributed by atoms with van der Waals surface area (Å²) in [6.07, 6.45) is 9.42. The first-order valence-electron chi connectivity index (χ1n) is 5.17. The molecule has 5 nitrogen and oxygen atoms in total. The van der Waals surface area contributed by atoms with Gasteiger partial charge in [-0.05, 0) is 28.1 Å². The number of rotatable bonds is 3. The van der Waals surface area contributed by atoms with Gasteiger partial charge in [-0.25, -0.2) is 9.97 Å². The van der Waals surface area contributed by atoms with Gasteiger partial charge in [-0.2, -0.15) is 0 Å². The fourth-order valence-corrected chi connectivity index (χ4v) is 1.97. The second-order valence-corrected chi connectivity index (χ2v) is 4.43. The van der Waals surface area contributed by atoms with E-state index in [0.717, 1.165) is 15.9 Å². The van der Waals surface area contributed by atoms with Gasteiger partial charge >= 0.3 is 0 Å². The Hall–Kier alpha value is -1.82. The quantitative estimate of drug-likeness (QED) is 0.803. The molecule has 1 N–H and O–H groups in total. The van der Waals surface area contributed by atoms with Gasteiger partial charge in [0.1, 0.15) is 4.60 Å². The number of nitrogens with one attached hydrogen (secondary N) is 1. The van der Waals surface area contributed by atoms with Gasteiger partial charge in [0.15, 0.2) is 5.65 Å². The van der Waals surface area contributed by atoms with Crippen molar-refractivity contribution in [3.8, 4) is 0 Å². The normalized spacial score (nSPS) is 10.9. The minimum atomic E-state index is 0.701. The molecular formula is C11H10BrN5. The van der Waals surface area contributed by atoms with Crippen LogP contribution in [0, 0.1) is 0 Å². The highest BCUT2D eigenvalue weighted by Crippen LogP contribution is 2.10. The maximum atomic E-state index is 4.29. The third kappa shape index (κ3) is 2.03. The molecular weight excluding hydrogens is 282 g/mol. The van der Waals surface area contributed by atoms with Crippen LogP contribution in [0.15, 0.2) is 47.7 Å². The molecule has 3 aromatic rings. The standard InChI is InChI=1S/C11H10BrN5/c12-10-8-17-9(5-14-11(17)7-13-10)6-15-16-3-1-2-4-16/h1-5,7-8,15H,6H2. The molecule has 0 amide bonds. The molecule has 3 rings (SSSR count). The zero-order valence-electron chi connectivity index (χ0n) is 8.92. The third-order valence-electron chi connectivity index (χ3n) is 2.49. The average Bonchev–Trinajstić information content (AvgIpc) is 2.94. The number of hydrogen-bond donors (Lipinski definition) is 1. The summed E-state index contributed by atoms with van der Waals surface area (Å²) in [6, 6.07) is 3.95. The molecule has 0 aromatic carbocycles. The summed E-state index contributed by atoms with van der Waals surface area (Å²) in [4.78, 5) is 8.43. The molecule has 0 spiro atoms. The van der Waals surface area contributed by atoms with Gasteiger partial charge in [-0.15, -0.1) is 0 Å². The summed E-state index contributed by atoms with van der Waals surface area (Å²) in [5.41, 5.74) is 5.18. The first-order chi connectivity index (χ1) is 8.33. The highest BCUT2D eigenvalue weighted by molar-refractivity contribution is 9.10. The van der Waals surface area contributed by atoms with Crippen LogP contribution in [-0.4, -0.2) is 19.0 Å². The maximum Gasteiger partial charge on any atom is 0.155 e. The first-order valence-corrected chi connectivity index (χ1v) is 5.96. The largest absolute Gasteiger partial charge is 0.320 e. The molecule has 0 saturated heterocycles. The summed E-state index contributed by atoms with van der Waals surface area (Å²) >= 11 is 3.36. The number of aromatic nitrogens is 4. The van der Waals surface area contributed by atoms with Crippen LogP contribution in [0.1, 0.15) is 5.69 Å². The van der Waals surface area contributed by atoms with Gasteiger partial charge in [0.2, 0.25) is 0 Å². The molecule has 6 heteroatoms. The number of nitrogens with zero attached hydrogens (tertiary/aromatic N) is 4. The fourth-order valence-electron chi connectivity index (χ4n) is 1.66. The van der Waals surface area contributed by atoms with Gasteiger partial charge < -0.3 is 5.43 Å². The van der Waals surface area contributed by atoms with Gasteiger partial charge in [0, 0.05) is 18.6 Å². The SMILES string of the molecule is Brc1cn2c(CNn3cccc3)cnc2cn1. The molecule has 86 valence electrons. The third-order valence-corrected chi connectivity index (χ3v) is 2.90. The van der Waals surface area contributed by atoms with Gasteiger partial charge in [0.25, 0.3) is 0 Å². The van der Waals surface area contributed by atoms with E-state index in [2.05, 4.69) is 31.3 Å². The Morgan fingerprint density at radius 3 is 2.82 bits per heavy atom. The Kier molecular flexibility index (Phi) is 2.56. The maximum absolute atomic E-state index is 4.29. The molecule has 0 unspecified atom stereocenters. The van der Waals surface area contributed by atoms with Crippen LogP contribution >= 0.6 is 15.9 Å². The Labute approximate surface area is 106 Å². The van der Waals surface area contributed by atoms with Gasteiger partial charge in [0.05, 0.1) is 24.6 Å². The van der Waals surface area contributed by atoms with Crippen molar-refractivity contribution in [2.75, 3.05) is 5.43 Å². The predicted molar refractivity (Wildman–Crippen MR) is 68.2 cm³/mol. The summed E-state index contributed by atoms with van der Waals surface area (Å²) < 4.78 is 4.72. The Morgan fingerprint density at radius 1 is 1.18 bits per heavy atom. The lowest BCUT2D eigenvalue weighted by Crippen LogP contribution is -2.13. The molecule has 0 aliphatic carbocycles. The molecule has 3 aromatic heterocycles. The summed E-state index contributed by atoms with van der Waals surface area (Å²) in [5.74, 6) is 0. The van der Waals surface area contributed by atoms with E-state index in [1.165, 1.54) is 0 Å². The number of hydrogen-bond acceptors (Lipinski definition) is 3. The average molecular weight is 292 g/mol. The van der Waals surface area contributed by atoms with Crippen molar-refractivity contribution in [1.29, 1.82) is 0 Å². The smallest absolute Gasteiger partial charge is 0.155 e. The zero-order chi connectivity index (χ0) is 11.7. The Balaban J connectivity index is 1.87. The summed E-state index contributed by atoms with van der Waals surface area (Å²) in [7, 11) is 0. The lowest BCUT2D eigenvalue weighted by atomic mass is 10.5. The second-order valence-electron chi connectivity index (χ2n) is 3.61. The van der Waals surface area contributed by atoms with Crippen LogP contribution in [0.25, 0.3) is 5.65 Å². The topological polar surface area (TPSA) is 47.1 Å². The molecule has 0 atom stereocenters. The van der Waals surface area contributed by atoms with E-state index in [-0.39, 0.29) is 0 Å². The van der Waals surface area contributed by atoms with Crippen molar-refractivity contribution in [3.63, 3.8) is 0 Å². The Morgan fingerprint density at radius 2 is 2.00 bits per heavy atom. The monoisotopic (exact) mass is 291 g/mol. The van der Waals surface area contributed by atoms with Crippen LogP contribution in [0.2, 0.25) is 0 Å². The van der Waals surface area contributed by atoms with Crippen molar-refractivity contribution in [1.82, 2.24) is 19.0 Å². The van der Waals surface area contributed by atoms with Crippen LogP contribution in [0.3, 0.4) is 0 Å². The van der Waals surface area contributed by atoms with E-state index in [1.54, 1.807) is 6.20 Å². The molecule has 17 heavy (non-hydrogen) atoms. The summed E-state index contributed by atoms with van der Waals surface area (Å²) in [6.45, 7) is 0.701. The molecule has 0 bridgehead atoms. The lowest BCUT2D eigenvalue weighted by Gasteiger charge is -2.07. The van der Waals surface area contributed by atoms with Crippen molar-refractivity contribution in [2.24, 2.45) is 0 Å². The van der Waals surface area contributed by atoms with E-state index in [9.17, 15) is 0 Å². The van der Waals surface area contributed by atoms with E-state index in [4.69, 9.17) is 0 Å². The van der Waals surface area contributed by atoms with E-state index in [0.29, 0.717) is 6.54 Å². The zero-order valence-corrected chi connectivity index (χ0v) is 10.5. The number of imidazole rings is 1. The van der Waals surface area contributed by atoms with Crippen LogP contribution in [-0.2, 0) is 6.54 Å². The fraction of sp³-hybridized carbons (Fsp3) is 0.0909. The molecule has 0 aliphatic heterocycles. The summed E-state index contributed by atoms with van der Waals surface area (Å²) in [5, 5.41) is 0. The highest BCUT2D eigenvalue weighted by atomic mass is 79.9. The van der Waals surface area contributed by atoms with Crippen LogP contribution < -0.4 is 5.43 Å². The predicted octanol–water partition coefficient (Wildman–Crippen LogP) is 2.04. The van der Waals surface area contributed by atoms with E-state index < -0.39 is 0 Å². The van der Waals surface area contributed by atoms with Gasteiger partial charge in [-0.3, -0.25) is 9.08 Å². The van der Waals surface area contributed by atoms with E-state index in [1.807, 2.05) is 46.0 Å². The molecule has 3 heterocycles. The minimum Gasteiger partial charge on any atom is -0.320 e. The van der Waals surface area contributed by atoms with Gasteiger partial charge in [-0.1, -0.05) is 0 Å². The van der Waals surface area contributed by atoms with Crippen LogP contribution in [0.5, 0.6) is 0 Å². The number of fused-ring (bicyclic) bond motifs is 1. The molecule has 0 radical (unpaired) electrons. The second kappa shape index (κ2) is 4.21. The molecule has 0 fully saturated rings. The number of halogens is 1. The van der Waals surface area contributed by atoms with E-state index >= 15 is 0 Å². The van der Waals surface area contributed by atoms with Crippen LogP contribution in [0.4, 0.5) is 0 Å². The Bertz CT molecular complexity index is 628. The highest BCUT2D eigenvalue weighted by Gasteiger charge is 2.03. The van der Waals surface area contributed by atoms with Crippen molar-refractivity contribution >= 4 is 21.6 Å². The first kappa shape index (κ1) is 10.3. The van der Waals surface area contributed by atoms with Crippen molar-refractivity contribution in [3.05, 3.63) is 53.4 Å². The molecule has 0 saturated carbocycles. The molecule has 0 aliphatic rings. The minimum absolute atomic E-state index is 0.701. The van der Waals surface area contributed by atoms with Crippen molar-refractivity contribution in [2.45, 2.75) is 6.54 Å². The lowest BCUT2D eigenvalue weighted by molar-refractivity contribution is 0.820.